The van der Waals surface area contributed by atoms with Crippen LogP contribution in [0.3, 0.4) is 0 Å². The smallest absolute Gasteiger partial charge is 0.407 e. The number of rotatable bonds is 15. The van der Waals surface area contributed by atoms with Gasteiger partial charge in [-0.1, -0.05) is 64.1 Å². The summed E-state index contributed by atoms with van der Waals surface area (Å²) in [4.78, 5) is 74.1. The highest BCUT2D eigenvalue weighted by molar-refractivity contribution is 5.87. The van der Waals surface area contributed by atoms with E-state index in [0.717, 1.165) is 53.8 Å². The van der Waals surface area contributed by atoms with Gasteiger partial charge in [-0.2, -0.15) is 0 Å². The molecule has 2 saturated heterocycles. The normalized spacial score (nSPS) is 23.1. The average Bonchev–Trinajstić information content (AvgIpc) is 3.78. The molecule has 16 heteroatoms. The molecule has 4 N–H and O–H groups in total. The van der Waals surface area contributed by atoms with E-state index in [-0.39, 0.29) is 41.1 Å². The first kappa shape index (κ1) is 46.4. The van der Waals surface area contributed by atoms with Crippen LogP contribution in [0.4, 0.5) is 9.59 Å². The molecule has 2 aromatic heterocycles. The number of aromatic nitrogens is 4. The minimum absolute atomic E-state index is 0.0280. The number of amides is 4. The molecule has 4 aromatic rings. The maximum absolute atomic E-state index is 14.4. The Labute approximate surface area is 392 Å². The summed E-state index contributed by atoms with van der Waals surface area (Å²) in [5.74, 6) is 1.73. The molecule has 0 bridgehead atoms. The fraction of sp³-hybridized carbons (Fsp3) is 0.569. The van der Waals surface area contributed by atoms with Gasteiger partial charge in [-0.3, -0.25) is 9.59 Å². The monoisotopic (exact) mass is 919 g/mol. The molecule has 358 valence electrons. The van der Waals surface area contributed by atoms with Gasteiger partial charge in [-0.05, 0) is 108 Å². The Hall–Kier alpha value is -5.74. The third-order valence-electron chi connectivity index (χ3n) is 15.4. The largest absolute Gasteiger partial charge is 0.453 e. The predicted molar refractivity (Wildman–Crippen MR) is 250 cm³/mol. The van der Waals surface area contributed by atoms with Crippen molar-refractivity contribution >= 4 is 24.0 Å². The third kappa shape index (κ3) is 9.83. The standard InChI is InChI=1S/C51H66N8O8/c1-29-30(2)46(29)59(48(61)45(57-50(63)65-6)34-18-22-67-23-19-34)28-43-52-25-39(54-43)32-12-10-31(11-13-32)35-14-15-38(37-9-7-8-36(35)37)40-26-53-42(55-40)27-58(41-24-51(41,3)4)47(60)44(56-49(62)64-5)33-16-20-66-21-17-33/h10-15,25-26,29-30,33-34,41,44-46H,7-9,16-24,27-28H2,1-6H3,(H,52,54)(H,53,55)(H,56,62)(H,57,63). The summed E-state index contributed by atoms with van der Waals surface area (Å²) in [5, 5.41) is 5.72. The van der Waals surface area contributed by atoms with E-state index in [2.05, 4.69) is 84.7 Å². The number of benzene rings is 2. The van der Waals surface area contributed by atoms with Crippen molar-refractivity contribution in [1.29, 1.82) is 0 Å². The summed E-state index contributed by atoms with van der Waals surface area (Å²) >= 11 is 0. The number of H-pyrrole nitrogens is 2. The van der Waals surface area contributed by atoms with Crippen molar-refractivity contribution < 1.29 is 38.1 Å². The lowest BCUT2D eigenvalue weighted by atomic mass is 9.90. The zero-order valence-electron chi connectivity index (χ0n) is 39.7. The fourth-order valence-electron chi connectivity index (χ4n) is 11.0. The second-order valence-electron chi connectivity index (χ2n) is 20.0. The van der Waals surface area contributed by atoms with Crippen molar-refractivity contribution in [2.24, 2.45) is 29.1 Å². The first-order valence-electron chi connectivity index (χ1n) is 24.1. The van der Waals surface area contributed by atoms with Crippen LogP contribution in [-0.4, -0.2) is 119 Å². The summed E-state index contributed by atoms with van der Waals surface area (Å²) in [6.45, 7) is 11.5. The Morgan fingerprint density at radius 1 is 0.701 bits per heavy atom. The van der Waals surface area contributed by atoms with Gasteiger partial charge in [0.15, 0.2) is 0 Å². The summed E-state index contributed by atoms with van der Waals surface area (Å²) in [6, 6.07) is 11.6. The Morgan fingerprint density at radius 2 is 1.16 bits per heavy atom. The molecule has 2 aliphatic heterocycles. The lowest BCUT2D eigenvalue weighted by molar-refractivity contribution is -0.138. The second kappa shape index (κ2) is 19.5. The van der Waals surface area contributed by atoms with Crippen LogP contribution >= 0.6 is 0 Å². The molecule has 16 nitrogen and oxygen atoms in total. The minimum Gasteiger partial charge on any atom is -0.453 e. The van der Waals surface area contributed by atoms with Gasteiger partial charge in [0.05, 0.1) is 51.1 Å². The van der Waals surface area contributed by atoms with Crippen LogP contribution in [0.25, 0.3) is 33.6 Å². The van der Waals surface area contributed by atoms with E-state index < -0.39 is 24.3 Å². The van der Waals surface area contributed by atoms with E-state index >= 15 is 0 Å². The summed E-state index contributed by atoms with van der Waals surface area (Å²) in [5.41, 5.74) is 8.84. The van der Waals surface area contributed by atoms with Crippen LogP contribution in [0.5, 0.6) is 0 Å². The van der Waals surface area contributed by atoms with E-state index in [1.54, 1.807) is 0 Å². The lowest BCUT2D eigenvalue weighted by Crippen LogP contribution is -2.54. The summed E-state index contributed by atoms with van der Waals surface area (Å²) < 4.78 is 21.0. The van der Waals surface area contributed by atoms with Crippen LogP contribution in [0.2, 0.25) is 0 Å². The van der Waals surface area contributed by atoms with Crippen LogP contribution in [0.15, 0.2) is 48.8 Å². The van der Waals surface area contributed by atoms with Gasteiger partial charge in [0, 0.05) is 44.1 Å². The number of nitrogens with one attached hydrogen (secondary N) is 4. The number of carbonyl (C=O) groups is 4. The Balaban J connectivity index is 0.903. The number of nitrogens with zero attached hydrogens (tertiary/aromatic N) is 4. The van der Waals surface area contributed by atoms with E-state index in [1.165, 1.54) is 30.9 Å². The molecule has 4 fully saturated rings. The number of hydrogen-bond donors (Lipinski definition) is 4. The topological polar surface area (TPSA) is 193 Å². The van der Waals surface area contributed by atoms with Gasteiger partial charge < -0.3 is 49.3 Å². The summed E-state index contributed by atoms with van der Waals surface area (Å²) in [7, 11) is 2.64. The molecule has 3 aliphatic carbocycles. The number of ether oxygens (including phenoxy) is 4. The van der Waals surface area contributed by atoms with E-state index in [4.69, 9.17) is 28.9 Å². The number of aromatic amines is 2. The molecule has 5 aliphatic rings. The number of hydrogen-bond acceptors (Lipinski definition) is 10. The quantitative estimate of drug-likeness (QED) is 0.0962. The third-order valence-corrected chi connectivity index (χ3v) is 15.4. The first-order chi connectivity index (χ1) is 32.3. The molecule has 4 heterocycles. The second-order valence-corrected chi connectivity index (χ2v) is 20.0. The molecule has 5 unspecified atom stereocenters. The highest BCUT2D eigenvalue weighted by Gasteiger charge is 2.53. The molecule has 0 radical (unpaired) electrons. The van der Waals surface area contributed by atoms with Gasteiger partial charge >= 0.3 is 12.2 Å². The highest BCUT2D eigenvalue weighted by Crippen LogP contribution is 2.50. The van der Waals surface area contributed by atoms with Crippen molar-refractivity contribution in [3.05, 3.63) is 71.6 Å². The molecular weight excluding hydrogens is 853 g/mol. The van der Waals surface area contributed by atoms with Gasteiger partial charge in [0.1, 0.15) is 23.7 Å². The SMILES string of the molecule is COC(=O)NC(C(=O)N(Cc1ncc(-c2ccc(-c3ccc(-c4cnc(CN(C(=O)C(NC(=O)OC)C5CCOCC5)C5CC5(C)C)[nH]4)c4c3CCC4)cc2)[nH]1)C1C(C)C1C)C1CCOCC1. The number of carbonyl (C=O) groups excluding carboxylic acids is 4. The molecular formula is C51H66N8O8. The Bertz CT molecular complexity index is 2430. The molecule has 2 aromatic carbocycles. The summed E-state index contributed by atoms with van der Waals surface area (Å²) in [6.07, 6.45) is 9.09. The Morgan fingerprint density at radius 3 is 1.69 bits per heavy atom. The maximum Gasteiger partial charge on any atom is 0.407 e. The molecule has 5 atom stereocenters. The van der Waals surface area contributed by atoms with Crippen LogP contribution < -0.4 is 10.6 Å². The van der Waals surface area contributed by atoms with Crippen LogP contribution in [-0.2, 0) is 54.5 Å². The zero-order chi connectivity index (χ0) is 47.0. The van der Waals surface area contributed by atoms with Crippen molar-refractivity contribution in [2.45, 2.75) is 116 Å². The number of alkyl carbamates (subject to hydrolysis) is 2. The number of fused-ring (bicyclic) bond motifs is 1. The van der Waals surface area contributed by atoms with Crippen molar-refractivity contribution in [3.63, 3.8) is 0 Å². The average molecular weight is 919 g/mol. The first-order valence-corrected chi connectivity index (χ1v) is 24.1. The molecule has 2 saturated carbocycles. The lowest BCUT2D eigenvalue weighted by Gasteiger charge is -2.34. The molecule has 0 spiro atoms. The van der Waals surface area contributed by atoms with Gasteiger partial charge in [-0.15, -0.1) is 0 Å². The van der Waals surface area contributed by atoms with Gasteiger partial charge in [0.25, 0.3) is 0 Å². The van der Waals surface area contributed by atoms with E-state index in [9.17, 15) is 19.2 Å². The van der Waals surface area contributed by atoms with Crippen molar-refractivity contribution in [2.75, 3.05) is 40.6 Å². The van der Waals surface area contributed by atoms with Gasteiger partial charge in [-0.25, -0.2) is 19.6 Å². The van der Waals surface area contributed by atoms with Gasteiger partial charge in [0.2, 0.25) is 11.8 Å². The highest BCUT2D eigenvalue weighted by atomic mass is 16.5. The number of imidazole rings is 2. The van der Waals surface area contributed by atoms with Crippen molar-refractivity contribution in [3.8, 4) is 33.6 Å². The van der Waals surface area contributed by atoms with Crippen molar-refractivity contribution in [1.82, 2.24) is 40.4 Å². The predicted octanol–water partition coefficient (Wildman–Crippen LogP) is 7.04. The molecule has 9 rings (SSSR count). The molecule has 4 amide bonds. The fourth-order valence-corrected chi connectivity index (χ4v) is 11.0. The van der Waals surface area contributed by atoms with Crippen LogP contribution in [0.1, 0.15) is 89.0 Å². The number of methoxy groups -OCH3 is 2. The maximum atomic E-state index is 14.4. The molecule has 67 heavy (non-hydrogen) atoms. The zero-order valence-corrected chi connectivity index (χ0v) is 39.7. The minimum atomic E-state index is -0.711. The van der Waals surface area contributed by atoms with Crippen LogP contribution in [0, 0.1) is 29.1 Å². The van der Waals surface area contributed by atoms with E-state index in [1.807, 2.05) is 22.2 Å². The Kier molecular flexibility index (Phi) is 13.5. The van der Waals surface area contributed by atoms with E-state index in [0.29, 0.717) is 88.7 Å².